The number of ketones is 2. The van der Waals surface area contributed by atoms with Crippen LogP contribution in [0.1, 0.15) is 62.8 Å². The molecule has 2 aliphatic rings. The van der Waals surface area contributed by atoms with Crippen molar-refractivity contribution >= 4 is 61.9 Å². The molecule has 0 aromatic heterocycles. The molecule has 0 amide bonds. The Labute approximate surface area is 176 Å². The van der Waals surface area contributed by atoms with Crippen LogP contribution in [0.3, 0.4) is 0 Å². The van der Waals surface area contributed by atoms with Gasteiger partial charge in [-0.2, -0.15) is 0 Å². The number of Topliss-reactive ketones (excluding diaryl/α,β-unsaturated/α-hetero) is 2. The highest BCUT2D eigenvalue weighted by Gasteiger charge is 2.37. The zero-order valence-corrected chi connectivity index (χ0v) is 16.9. The Balaban J connectivity index is 1.93. The third-order valence-electron chi connectivity index (χ3n) is 6.62. The van der Waals surface area contributed by atoms with Crippen molar-refractivity contribution < 1.29 is 23.9 Å². The lowest BCUT2D eigenvalue weighted by Crippen LogP contribution is -2.31. The van der Waals surface area contributed by atoms with Crippen LogP contribution in [0.4, 0.5) is 0 Å². The Morgan fingerprint density at radius 3 is 2.10 bits per heavy atom. The molecule has 1 aliphatic carbocycles. The Hall–Kier alpha value is -3.86. The van der Waals surface area contributed by atoms with Gasteiger partial charge in [-0.3, -0.25) is 14.4 Å². The second kappa shape index (κ2) is 5.85. The highest BCUT2D eigenvalue weighted by molar-refractivity contribution is 6.30. The van der Waals surface area contributed by atoms with E-state index in [1.54, 1.807) is 18.2 Å². The maximum Gasteiger partial charge on any atom is 0.346 e. The average Bonchev–Trinajstić information content (AvgIpc) is 2.75. The number of carbonyl (C=O) groups excluding carboxylic acids is 4. The number of carbonyl (C=O) groups is 4. The van der Waals surface area contributed by atoms with Gasteiger partial charge in [0.1, 0.15) is 0 Å². The summed E-state index contributed by atoms with van der Waals surface area (Å²) in [5, 5.41) is 6.02. The first kappa shape index (κ1) is 18.0. The largest absolute Gasteiger partial charge is 0.389 e. The fraction of sp³-hybridized carbons (Fsp3) is 0.154. The Morgan fingerprint density at radius 1 is 0.806 bits per heavy atom. The molecular formula is C26H16O5. The number of ether oxygens (including phenoxy) is 1. The molecule has 4 aromatic carbocycles. The lowest BCUT2D eigenvalue weighted by atomic mass is 9.78. The number of benzene rings is 4. The molecule has 4 aromatic rings. The van der Waals surface area contributed by atoms with Gasteiger partial charge in [0.2, 0.25) is 0 Å². The Morgan fingerprint density at radius 2 is 1.42 bits per heavy atom. The third-order valence-corrected chi connectivity index (χ3v) is 6.62. The minimum atomic E-state index is -0.616. The summed E-state index contributed by atoms with van der Waals surface area (Å²) in [6.45, 7) is 3.01. The van der Waals surface area contributed by atoms with E-state index in [2.05, 4.69) is 0 Å². The predicted octanol–water partition coefficient (Wildman–Crippen LogP) is 4.24. The SMILES string of the molecule is CC(=O)c1ccc2c3c4c5c(ccc4c4ccc(C(C)=O)c1c24)C(=O)OC(=O)C5CC=3. The molecule has 1 unspecified atom stereocenters. The van der Waals surface area contributed by atoms with Crippen LogP contribution in [0.5, 0.6) is 0 Å². The van der Waals surface area contributed by atoms with E-state index >= 15 is 0 Å². The normalized spacial score (nSPS) is 17.2. The number of hydrogen-bond acceptors (Lipinski definition) is 5. The second-order valence-corrected chi connectivity index (χ2v) is 8.25. The first-order valence-electron chi connectivity index (χ1n) is 10.1. The third kappa shape index (κ3) is 2.15. The van der Waals surface area contributed by atoms with E-state index in [0.717, 1.165) is 37.7 Å². The van der Waals surface area contributed by atoms with Crippen LogP contribution in [0, 0.1) is 0 Å². The van der Waals surface area contributed by atoms with E-state index in [9.17, 15) is 19.2 Å². The summed E-state index contributed by atoms with van der Waals surface area (Å²) >= 11 is 0. The van der Waals surface area contributed by atoms with Crippen LogP contribution in [-0.4, -0.2) is 23.5 Å². The highest BCUT2D eigenvalue weighted by atomic mass is 16.6. The van der Waals surface area contributed by atoms with Crippen molar-refractivity contribution in [1.29, 1.82) is 0 Å². The molecule has 5 heteroatoms. The summed E-state index contributed by atoms with van der Waals surface area (Å²) in [7, 11) is 0. The van der Waals surface area contributed by atoms with E-state index < -0.39 is 17.9 Å². The van der Waals surface area contributed by atoms with Crippen molar-refractivity contribution in [3.63, 3.8) is 0 Å². The molecule has 1 atom stereocenters. The van der Waals surface area contributed by atoms with E-state index in [0.29, 0.717) is 28.5 Å². The number of hydrogen-bond donors (Lipinski definition) is 0. The van der Waals surface area contributed by atoms with Crippen molar-refractivity contribution in [3.8, 4) is 0 Å². The summed E-state index contributed by atoms with van der Waals surface area (Å²) < 4.78 is 4.96. The van der Waals surface area contributed by atoms with Crippen LogP contribution in [0.2, 0.25) is 0 Å². The molecule has 1 heterocycles. The first-order valence-corrected chi connectivity index (χ1v) is 10.1. The molecule has 0 fully saturated rings. The van der Waals surface area contributed by atoms with Crippen molar-refractivity contribution in [2.75, 3.05) is 0 Å². The van der Waals surface area contributed by atoms with Crippen molar-refractivity contribution in [2.24, 2.45) is 0 Å². The first-order chi connectivity index (χ1) is 14.9. The Kier molecular flexibility index (Phi) is 3.39. The summed E-state index contributed by atoms with van der Waals surface area (Å²) in [5.41, 5.74) is 2.18. The molecule has 0 N–H and O–H groups in total. The van der Waals surface area contributed by atoms with Gasteiger partial charge < -0.3 is 4.74 Å². The van der Waals surface area contributed by atoms with Crippen LogP contribution >= 0.6 is 0 Å². The average molecular weight is 408 g/mol. The minimum absolute atomic E-state index is 0.103. The number of fused-ring (bicyclic) bond motifs is 2. The molecular weight excluding hydrogens is 392 g/mol. The maximum atomic E-state index is 12.4. The molecule has 0 spiro atoms. The molecule has 0 saturated heterocycles. The van der Waals surface area contributed by atoms with Gasteiger partial charge in [-0.25, -0.2) is 4.79 Å². The van der Waals surface area contributed by atoms with Gasteiger partial charge in [0.05, 0.1) is 11.5 Å². The van der Waals surface area contributed by atoms with Crippen LogP contribution in [-0.2, 0) is 9.53 Å². The zero-order valence-electron chi connectivity index (χ0n) is 16.9. The molecule has 31 heavy (non-hydrogen) atoms. The fourth-order valence-corrected chi connectivity index (χ4v) is 5.34. The quantitative estimate of drug-likeness (QED) is 0.163. The van der Waals surface area contributed by atoms with Crippen LogP contribution in [0.25, 0.3) is 38.4 Å². The van der Waals surface area contributed by atoms with Gasteiger partial charge >= 0.3 is 11.9 Å². The van der Waals surface area contributed by atoms with Crippen molar-refractivity contribution in [2.45, 2.75) is 26.2 Å². The van der Waals surface area contributed by atoms with Gasteiger partial charge in [-0.15, -0.1) is 0 Å². The maximum absolute atomic E-state index is 12.4. The summed E-state index contributed by atoms with van der Waals surface area (Å²) in [4.78, 5) is 49.7. The zero-order chi connectivity index (χ0) is 21.6. The monoisotopic (exact) mass is 408 g/mol. The molecule has 150 valence electrons. The molecule has 0 bridgehead atoms. The molecule has 0 saturated carbocycles. The van der Waals surface area contributed by atoms with Gasteiger partial charge in [0, 0.05) is 16.5 Å². The number of cyclic esters (lactones) is 2. The minimum Gasteiger partial charge on any atom is -0.389 e. The summed E-state index contributed by atoms with van der Waals surface area (Å²) in [5.74, 6) is -1.84. The van der Waals surface area contributed by atoms with Gasteiger partial charge in [0.15, 0.2) is 11.6 Å². The molecule has 0 radical (unpaired) electrons. The summed E-state index contributed by atoms with van der Waals surface area (Å²) in [6, 6.07) is 10.9. The van der Waals surface area contributed by atoms with Crippen molar-refractivity contribution in [1.82, 2.24) is 0 Å². The summed E-state index contributed by atoms with van der Waals surface area (Å²) in [6.07, 6.45) is 2.44. The lowest BCUT2D eigenvalue weighted by Gasteiger charge is -2.28. The smallest absolute Gasteiger partial charge is 0.346 e. The highest BCUT2D eigenvalue weighted by Crippen LogP contribution is 2.42. The van der Waals surface area contributed by atoms with E-state index in [1.807, 2.05) is 24.3 Å². The van der Waals surface area contributed by atoms with E-state index in [4.69, 9.17) is 4.74 Å². The number of esters is 2. The molecule has 1 aliphatic heterocycles. The lowest BCUT2D eigenvalue weighted by molar-refractivity contribution is -0.140. The predicted molar refractivity (Wildman–Crippen MR) is 116 cm³/mol. The Bertz CT molecular complexity index is 1600. The van der Waals surface area contributed by atoms with Gasteiger partial charge in [-0.1, -0.05) is 36.4 Å². The van der Waals surface area contributed by atoms with Crippen molar-refractivity contribution in [3.05, 3.63) is 63.9 Å². The fourth-order valence-electron chi connectivity index (χ4n) is 5.34. The van der Waals surface area contributed by atoms with E-state index in [1.165, 1.54) is 13.8 Å². The van der Waals surface area contributed by atoms with Crippen LogP contribution < -0.4 is 5.22 Å². The van der Waals surface area contributed by atoms with Gasteiger partial charge in [0.25, 0.3) is 0 Å². The van der Waals surface area contributed by atoms with Gasteiger partial charge in [-0.05, 0) is 64.0 Å². The topological polar surface area (TPSA) is 77.5 Å². The standard InChI is InChI=1S/C26H16O5/c1-11(27)13-3-5-15-17-7-9-19-24-20(26(30)31-25(19)29)10-8-18(23(17)24)16-6-4-14(12(2)28)21(13)22(15)16/h3-9,20H,10H2,1-2H3. The van der Waals surface area contributed by atoms with E-state index in [-0.39, 0.29) is 11.6 Å². The molecule has 5 nitrogen and oxygen atoms in total. The second-order valence-electron chi connectivity index (χ2n) is 8.25. The number of rotatable bonds is 2. The van der Waals surface area contributed by atoms with Crippen LogP contribution in [0.15, 0.2) is 36.4 Å². The molecule has 6 rings (SSSR count).